The van der Waals surface area contributed by atoms with E-state index >= 15 is 4.39 Å². The predicted octanol–water partition coefficient (Wildman–Crippen LogP) is 2.86. The number of carbonyl (C=O) groups is 1. The molecule has 0 radical (unpaired) electrons. The first-order chi connectivity index (χ1) is 16.0. The number of pyridine rings is 1. The van der Waals surface area contributed by atoms with Gasteiger partial charge in [0.25, 0.3) is 5.91 Å². The van der Waals surface area contributed by atoms with Crippen molar-refractivity contribution in [2.75, 3.05) is 13.1 Å². The number of aromatic nitrogens is 3. The molecular formula is C25H22FN5O2. The van der Waals surface area contributed by atoms with Crippen LogP contribution in [0.25, 0.3) is 27.9 Å². The monoisotopic (exact) mass is 443 g/mol. The highest BCUT2D eigenvalue weighted by atomic mass is 19.1. The van der Waals surface area contributed by atoms with Crippen LogP contribution < -0.4 is 11.1 Å². The number of nitrogens with zero attached hydrogens (tertiary/aromatic N) is 2. The lowest BCUT2D eigenvalue weighted by Gasteiger charge is -2.26. The second-order valence-electron chi connectivity index (χ2n) is 7.96. The first-order valence-corrected chi connectivity index (χ1v) is 10.6. The van der Waals surface area contributed by atoms with Gasteiger partial charge in [-0.25, -0.2) is 14.4 Å². The molecule has 2 aromatic heterocycles. The number of rotatable bonds is 5. The Kier molecular flexibility index (Phi) is 5.24. The molecule has 1 atom stereocenters. The van der Waals surface area contributed by atoms with Crippen LogP contribution in [0.4, 0.5) is 4.39 Å². The number of aromatic amines is 1. The number of hydrogen-bond acceptors (Lipinski definition) is 5. The number of fused-ring (bicyclic) bond motifs is 1. The van der Waals surface area contributed by atoms with Crippen LogP contribution in [-0.4, -0.2) is 39.1 Å². The first kappa shape index (κ1) is 21.0. The molecule has 8 heteroatoms. The Morgan fingerprint density at radius 3 is 2.67 bits per heavy atom. The summed E-state index contributed by atoms with van der Waals surface area (Å²) in [6.45, 7) is 1.66. The molecular weight excluding hydrogens is 421 g/mol. The molecule has 4 aromatic rings. The van der Waals surface area contributed by atoms with E-state index in [2.05, 4.69) is 26.3 Å². The highest BCUT2D eigenvalue weighted by Gasteiger charge is 2.40. The van der Waals surface area contributed by atoms with Crippen molar-refractivity contribution in [2.45, 2.75) is 12.0 Å². The van der Waals surface area contributed by atoms with Crippen molar-refractivity contribution >= 4 is 22.6 Å². The van der Waals surface area contributed by atoms with Gasteiger partial charge in [-0.15, -0.1) is 0 Å². The van der Waals surface area contributed by atoms with Gasteiger partial charge in [-0.3, -0.25) is 4.79 Å². The summed E-state index contributed by atoms with van der Waals surface area (Å²) in [7, 11) is 0. The fourth-order valence-corrected chi connectivity index (χ4v) is 4.23. The van der Waals surface area contributed by atoms with E-state index in [0.29, 0.717) is 22.3 Å². The lowest BCUT2D eigenvalue weighted by molar-refractivity contribution is -0.133. The summed E-state index contributed by atoms with van der Waals surface area (Å²) in [4.78, 5) is 24.5. The lowest BCUT2D eigenvalue weighted by atomic mass is 9.84. The molecule has 5 rings (SSSR count). The van der Waals surface area contributed by atoms with Gasteiger partial charge in [-0.2, -0.15) is 0 Å². The average molecular weight is 443 g/mol. The Labute approximate surface area is 189 Å². The van der Waals surface area contributed by atoms with Crippen LogP contribution in [0.1, 0.15) is 23.4 Å². The summed E-state index contributed by atoms with van der Waals surface area (Å²) < 4.78 is 15.3. The predicted molar refractivity (Wildman–Crippen MR) is 123 cm³/mol. The van der Waals surface area contributed by atoms with E-state index in [1.54, 1.807) is 36.5 Å². The molecule has 0 bridgehead atoms. The summed E-state index contributed by atoms with van der Waals surface area (Å²) in [6.07, 6.45) is 4.56. The number of benzene rings is 2. The smallest absolute Gasteiger partial charge is 0.258 e. The minimum atomic E-state index is -2.29. The van der Waals surface area contributed by atoms with Gasteiger partial charge >= 0.3 is 0 Å². The van der Waals surface area contributed by atoms with Crippen LogP contribution >= 0.6 is 0 Å². The number of primary amides is 1. The molecule has 0 aliphatic carbocycles. The van der Waals surface area contributed by atoms with Gasteiger partial charge < -0.3 is 21.1 Å². The van der Waals surface area contributed by atoms with E-state index in [9.17, 15) is 9.90 Å². The Bertz CT molecular complexity index is 1380. The van der Waals surface area contributed by atoms with Gasteiger partial charge in [0, 0.05) is 23.9 Å². The van der Waals surface area contributed by atoms with E-state index in [1.807, 2.05) is 0 Å². The van der Waals surface area contributed by atoms with E-state index in [-0.39, 0.29) is 11.1 Å². The third-order valence-electron chi connectivity index (χ3n) is 5.98. The minimum absolute atomic E-state index is 0.198. The maximum absolute atomic E-state index is 15.3. The zero-order chi connectivity index (χ0) is 23.0. The molecule has 33 heavy (non-hydrogen) atoms. The Morgan fingerprint density at radius 1 is 1.15 bits per heavy atom. The summed E-state index contributed by atoms with van der Waals surface area (Å²) >= 11 is 0. The van der Waals surface area contributed by atoms with Crippen LogP contribution in [0.2, 0.25) is 0 Å². The van der Waals surface area contributed by atoms with Crippen molar-refractivity contribution < 1.29 is 14.3 Å². The fourth-order valence-electron chi connectivity index (χ4n) is 4.23. The minimum Gasteiger partial charge on any atom is -0.372 e. The number of carbonyl (C=O) groups excluding carboxylic acids is 1. The number of aliphatic hydroxyl groups is 1. The molecule has 0 saturated heterocycles. The third kappa shape index (κ3) is 3.59. The molecule has 166 valence electrons. The zero-order valence-electron chi connectivity index (χ0n) is 17.7. The highest BCUT2D eigenvalue weighted by Crippen LogP contribution is 2.35. The van der Waals surface area contributed by atoms with Crippen molar-refractivity contribution in [2.24, 2.45) is 5.73 Å². The zero-order valence-corrected chi connectivity index (χ0v) is 17.7. The van der Waals surface area contributed by atoms with Crippen molar-refractivity contribution in [3.05, 3.63) is 89.6 Å². The molecule has 0 saturated carbocycles. The van der Waals surface area contributed by atoms with E-state index in [1.165, 1.54) is 24.3 Å². The van der Waals surface area contributed by atoms with E-state index in [0.717, 1.165) is 30.9 Å². The second-order valence-corrected chi connectivity index (χ2v) is 7.96. The number of imidazole rings is 1. The maximum Gasteiger partial charge on any atom is 0.258 e. The van der Waals surface area contributed by atoms with E-state index < -0.39 is 17.3 Å². The topological polar surface area (TPSA) is 117 Å². The molecule has 1 unspecified atom stereocenters. The van der Waals surface area contributed by atoms with Crippen LogP contribution in [0.15, 0.2) is 66.9 Å². The number of H-pyrrole nitrogens is 1. The summed E-state index contributed by atoms with van der Waals surface area (Å²) in [6, 6.07) is 14.2. The molecule has 1 aliphatic rings. The molecule has 0 spiro atoms. The Balaban J connectivity index is 1.59. The number of halogens is 1. The normalized spacial score (nSPS) is 15.8. The van der Waals surface area contributed by atoms with Crippen molar-refractivity contribution in [1.29, 1.82) is 0 Å². The van der Waals surface area contributed by atoms with Gasteiger partial charge in [0.1, 0.15) is 11.6 Å². The maximum atomic E-state index is 15.3. The number of amides is 1. The molecule has 3 heterocycles. The quantitative estimate of drug-likeness (QED) is 0.378. The highest BCUT2D eigenvalue weighted by molar-refractivity contribution is 5.92. The van der Waals surface area contributed by atoms with Crippen LogP contribution in [0, 0.1) is 5.82 Å². The number of nitrogens with two attached hydrogens (primary N) is 1. The number of nitrogens with one attached hydrogen (secondary N) is 2. The van der Waals surface area contributed by atoms with Gasteiger partial charge in [-0.05, 0) is 41.8 Å². The molecule has 1 aliphatic heterocycles. The van der Waals surface area contributed by atoms with Gasteiger partial charge in [0.2, 0.25) is 0 Å². The summed E-state index contributed by atoms with van der Waals surface area (Å²) in [5, 5.41) is 14.4. The summed E-state index contributed by atoms with van der Waals surface area (Å²) in [5.74, 6) is -1.06. The lowest BCUT2D eigenvalue weighted by Crippen LogP contribution is -2.42. The first-order valence-electron chi connectivity index (χ1n) is 10.6. The molecule has 2 aromatic carbocycles. The Hall–Kier alpha value is -3.88. The third-order valence-corrected chi connectivity index (χ3v) is 5.98. The van der Waals surface area contributed by atoms with Gasteiger partial charge in [0.05, 0.1) is 5.52 Å². The van der Waals surface area contributed by atoms with Crippen molar-refractivity contribution in [1.82, 2.24) is 20.3 Å². The molecule has 0 fully saturated rings. The van der Waals surface area contributed by atoms with Gasteiger partial charge in [-0.1, -0.05) is 48.5 Å². The average Bonchev–Trinajstić information content (AvgIpc) is 3.29. The SMILES string of the molecule is NC(=O)C(O)(c1ccccc1)c1ccc(-c2ccnc3nc(C4=CCNCC4)[nH]c23)cc1F. The van der Waals surface area contributed by atoms with Crippen LogP contribution in [-0.2, 0) is 10.4 Å². The fraction of sp³-hybridized carbons (Fsp3) is 0.160. The van der Waals surface area contributed by atoms with Gasteiger partial charge in [0.15, 0.2) is 11.2 Å². The number of hydrogen-bond donors (Lipinski definition) is 4. The van der Waals surface area contributed by atoms with Crippen molar-refractivity contribution in [3.8, 4) is 11.1 Å². The Morgan fingerprint density at radius 2 is 1.97 bits per heavy atom. The molecule has 7 nitrogen and oxygen atoms in total. The largest absolute Gasteiger partial charge is 0.372 e. The van der Waals surface area contributed by atoms with Crippen molar-refractivity contribution in [3.63, 3.8) is 0 Å². The standard InChI is InChI=1S/C25H22FN5O2/c26-20-14-16(6-7-19(20)25(33,24(27)32)17-4-2-1-3-5-17)18-10-13-29-23-21(18)30-22(31-23)15-8-11-28-12-9-15/h1-8,10,13-14,28,33H,9,11-12H2,(H2,27,32)(H,29,30,31). The van der Waals surface area contributed by atoms with Crippen LogP contribution in [0.3, 0.4) is 0 Å². The molecule has 1 amide bonds. The molecule has 5 N–H and O–H groups in total. The summed E-state index contributed by atoms with van der Waals surface area (Å²) in [5.41, 5.74) is 6.80. The van der Waals surface area contributed by atoms with E-state index in [4.69, 9.17) is 5.73 Å². The second kappa shape index (κ2) is 8.23. The van der Waals surface area contributed by atoms with Crippen LogP contribution in [0.5, 0.6) is 0 Å².